The van der Waals surface area contributed by atoms with Gasteiger partial charge in [-0.3, -0.25) is 0 Å². The van der Waals surface area contributed by atoms with Gasteiger partial charge in [0.15, 0.2) is 0 Å². The van der Waals surface area contributed by atoms with Crippen molar-refractivity contribution in [2.45, 2.75) is 12.1 Å². The third kappa shape index (κ3) is 0.960. The van der Waals surface area contributed by atoms with E-state index in [1.807, 2.05) is 0 Å². The maximum absolute atomic E-state index is 10.7. The molecule has 0 saturated carbocycles. The number of rotatable bonds is 0. The van der Waals surface area contributed by atoms with Gasteiger partial charge in [-0.1, -0.05) is 0 Å². The molecule has 4 heteroatoms. The Balaban J connectivity index is 2.23. The maximum atomic E-state index is 10.7. The second kappa shape index (κ2) is 2.02. The average Bonchev–Trinajstić information content (AvgIpc) is 2.27. The Hall–Kier alpha value is -1.45. The number of carbonyl (C=O) groups excluding carboxylic acids is 1. The molecule has 0 aromatic carbocycles. The van der Waals surface area contributed by atoms with Crippen LogP contribution in [0, 0.1) is 0 Å². The Morgan fingerprint density at radius 3 is 3.27 bits per heavy atom. The van der Waals surface area contributed by atoms with Crippen molar-refractivity contribution < 1.29 is 9.53 Å². The van der Waals surface area contributed by atoms with Crippen LogP contribution in [0.1, 0.15) is 0 Å². The van der Waals surface area contributed by atoms with E-state index in [1.54, 1.807) is 18.2 Å². The van der Waals surface area contributed by atoms with Crippen molar-refractivity contribution in [2.75, 3.05) is 0 Å². The first-order chi connectivity index (χ1) is 5.25. The van der Waals surface area contributed by atoms with Crippen LogP contribution in [0.2, 0.25) is 0 Å². The van der Waals surface area contributed by atoms with Crippen molar-refractivity contribution in [2.24, 2.45) is 5.73 Å². The Bertz CT molecular complexity index is 257. The molecule has 0 aromatic heterocycles. The fourth-order valence-corrected chi connectivity index (χ4v) is 1.21. The molecule has 2 rings (SSSR count). The highest BCUT2D eigenvalue weighted by Gasteiger charge is 2.31. The van der Waals surface area contributed by atoms with Crippen molar-refractivity contribution in [1.29, 1.82) is 0 Å². The molecule has 1 amide bonds. The van der Waals surface area contributed by atoms with E-state index in [0.29, 0.717) is 5.70 Å². The van der Waals surface area contributed by atoms with Crippen molar-refractivity contribution in [3.05, 3.63) is 23.9 Å². The van der Waals surface area contributed by atoms with Crippen LogP contribution in [0.5, 0.6) is 0 Å². The van der Waals surface area contributed by atoms with E-state index < -0.39 is 0 Å². The van der Waals surface area contributed by atoms with E-state index >= 15 is 0 Å². The summed E-state index contributed by atoms with van der Waals surface area (Å²) < 4.78 is 4.88. The van der Waals surface area contributed by atoms with Gasteiger partial charge in [0, 0.05) is 5.70 Å². The fraction of sp³-hybridized carbons (Fsp3) is 0.286. The summed E-state index contributed by atoms with van der Waals surface area (Å²) in [5.41, 5.74) is 6.17. The van der Waals surface area contributed by atoms with Gasteiger partial charge in [-0.15, -0.1) is 0 Å². The third-order valence-corrected chi connectivity index (χ3v) is 1.73. The molecule has 1 aliphatic carbocycles. The summed E-state index contributed by atoms with van der Waals surface area (Å²) in [5.74, 6) is 0. The van der Waals surface area contributed by atoms with Crippen LogP contribution in [0.15, 0.2) is 23.9 Å². The highest BCUT2D eigenvalue weighted by Crippen LogP contribution is 2.16. The van der Waals surface area contributed by atoms with Crippen LogP contribution in [-0.2, 0) is 4.74 Å². The second-order valence-electron chi connectivity index (χ2n) is 2.57. The lowest BCUT2D eigenvalue weighted by atomic mass is 10.1. The maximum Gasteiger partial charge on any atom is 0.408 e. The molecule has 0 radical (unpaired) electrons. The molecule has 58 valence electrons. The number of nitrogens with one attached hydrogen (secondary N) is 1. The van der Waals surface area contributed by atoms with Gasteiger partial charge in [-0.2, -0.15) is 0 Å². The lowest BCUT2D eigenvalue weighted by Gasteiger charge is -2.13. The number of nitrogens with two attached hydrogens (primary N) is 1. The average molecular weight is 152 g/mol. The first-order valence-corrected chi connectivity index (χ1v) is 3.38. The molecule has 1 aliphatic heterocycles. The molecule has 4 nitrogen and oxygen atoms in total. The first kappa shape index (κ1) is 6.27. The van der Waals surface area contributed by atoms with Gasteiger partial charge in [-0.25, -0.2) is 4.79 Å². The second-order valence-corrected chi connectivity index (χ2v) is 2.57. The van der Waals surface area contributed by atoms with Gasteiger partial charge >= 0.3 is 6.09 Å². The molecule has 2 aliphatic rings. The molecule has 3 N–H and O–H groups in total. The summed E-state index contributed by atoms with van der Waals surface area (Å²) in [5, 5.41) is 2.62. The van der Waals surface area contributed by atoms with Crippen molar-refractivity contribution in [3.63, 3.8) is 0 Å². The lowest BCUT2D eigenvalue weighted by Crippen LogP contribution is -2.31. The van der Waals surface area contributed by atoms with Gasteiger partial charge in [0.05, 0.1) is 6.04 Å². The minimum Gasteiger partial charge on any atom is -0.439 e. The quantitative estimate of drug-likeness (QED) is 0.508. The largest absolute Gasteiger partial charge is 0.439 e. The number of hydrogen-bond donors (Lipinski definition) is 2. The van der Waals surface area contributed by atoms with E-state index in [-0.39, 0.29) is 18.2 Å². The Kier molecular flexibility index (Phi) is 1.15. The molecule has 2 unspecified atom stereocenters. The lowest BCUT2D eigenvalue weighted by molar-refractivity contribution is 0.155. The van der Waals surface area contributed by atoms with Crippen molar-refractivity contribution in [3.8, 4) is 0 Å². The van der Waals surface area contributed by atoms with Crippen LogP contribution in [-0.4, -0.2) is 18.2 Å². The predicted octanol–water partition coefficient (Wildman–Crippen LogP) is -0.124. The van der Waals surface area contributed by atoms with Crippen molar-refractivity contribution >= 4 is 6.09 Å². The molecule has 2 atom stereocenters. The zero-order valence-electron chi connectivity index (χ0n) is 5.78. The normalized spacial score (nSPS) is 33.8. The first-order valence-electron chi connectivity index (χ1n) is 3.38. The highest BCUT2D eigenvalue weighted by molar-refractivity contribution is 5.71. The number of alkyl carbamates (subject to hydrolysis) is 1. The highest BCUT2D eigenvalue weighted by atomic mass is 16.6. The molecule has 0 bridgehead atoms. The van der Waals surface area contributed by atoms with Crippen LogP contribution in [0.3, 0.4) is 0 Å². The molecule has 0 aromatic rings. The number of carbonyl (C=O) groups is 1. The summed E-state index contributed by atoms with van der Waals surface area (Å²) in [4.78, 5) is 10.7. The summed E-state index contributed by atoms with van der Waals surface area (Å²) in [7, 11) is 0. The van der Waals surface area contributed by atoms with Crippen LogP contribution in [0.25, 0.3) is 0 Å². The third-order valence-electron chi connectivity index (χ3n) is 1.73. The minimum absolute atomic E-state index is 0.0764. The molecule has 1 saturated heterocycles. The van der Waals surface area contributed by atoms with E-state index in [9.17, 15) is 4.79 Å². The molecule has 1 heterocycles. The molecule has 0 spiro atoms. The Morgan fingerprint density at radius 2 is 2.45 bits per heavy atom. The number of allylic oxidation sites excluding steroid dienone is 1. The van der Waals surface area contributed by atoms with E-state index in [4.69, 9.17) is 10.5 Å². The van der Waals surface area contributed by atoms with E-state index in [0.717, 1.165) is 0 Å². The monoisotopic (exact) mass is 152 g/mol. The molecular formula is C7H8N2O2. The van der Waals surface area contributed by atoms with Gasteiger partial charge in [0.25, 0.3) is 0 Å². The fourth-order valence-electron chi connectivity index (χ4n) is 1.21. The zero-order chi connectivity index (χ0) is 7.84. The standard InChI is InChI=1S/C7H8N2O2/c8-4-1-2-6-5(3-4)9-7(10)11-6/h1-3,5-6H,8H2,(H,9,10). The number of amides is 1. The van der Waals surface area contributed by atoms with Crippen LogP contribution in [0.4, 0.5) is 4.79 Å². The van der Waals surface area contributed by atoms with Crippen LogP contribution >= 0.6 is 0 Å². The number of hydrogen-bond acceptors (Lipinski definition) is 3. The summed E-state index contributed by atoms with van der Waals surface area (Å²) in [6, 6.07) is -0.0764. The molecule has 1 fully saturated rings. The van der Waals surface area contributed by atoms with Crippen molar-refractivity contribution in [1.82, 2.24) is 5.32 Å². The summed E-state index contributed by atoms with van der Waals surface area (Å²) in [6.07, 6.45) is 4.74. The molecule has 11 heavy (non-hydrogen) atoms. The van der Waals surface area contributed by atoms with Crippen LogP contribution < -0.4 is 11.1 Å². The van der Waals surface area contributed by atoms with Gasteiger partial charge in [0.2, 0.25) is 0 Å². The molecular weight excluding hydrogens is 144 g/mol. The summed E-state index contributed by atoms with van der Waals surface area (Å²) in [6.45, 7) is 0. The van der Waals surface area contributed by atoms with E-state index in [2.05, 4.69) is 5.32 Å². The van der Waals surface area contributed by atoms with E-state index in [1.165, 1.54) is 0 Å². The number of ether oxygens (including phenoxy) is 1. The predicted molar refractivity (Wildman–Crippen MR) is 38.6 cm³/mol. The number of fused-ring (bicyclic) bond motifs is 1. The Morgan fingerprint density at radius 1 is 1.64 bits per heavy atom. The zero-order valence-corrected chi connectivity index (χ0v) is 5.78. The Labute approximate surface area is 63.7 Å². The van der Waals surface area contributed by atoms with Gasteiger partial charge in [0.1, 0.15) is 6.10 Å². The SMILES string of the molecule is NC1=CC2NC(=O)OC2C=C1. The van der Waals surface area contributed by atoms with Gasteiger partial charge < -0.3 is 15.8 Å². The van der Waals surface area contributed by atoms with Gasteiger partial charge in [-0.05, 0) is 18.2 Å². The minimum atomic E-state index is -0.379. The smallest absolute Gasteiger partial charge is 0.408 e. The topological polar surface area (TPSA) is 64.3 Å². The summed E-state index contributed by atoms with van der Waals surface area (Å²) >= 11 is 0.